The van der Waals surface area contributed by atoms with Crippen molar-refractivity contribution in [2.75, 3.05) is 25.4 Å². The number of likely N-dealkylation sites (tertiary alicyclic amines) is 1. The third-order valence-electron chi connectivity index (χ3n) is 4.19. The molecule has 0 spiro atoms. The minimum absolute atomic E-state index is 0.765. The number of hydrogen-bond donors (Lipinski definition) is 1. The Morgan fingerprint density at radius 2 is 2.00 bits per heavy atom. The van der Waals surface area contributed by atoms with Crippen molar-refractivity contribution < 1.29 is 0 Å². The molecule has 1 nitrogen and oxygen atoms in total. The van der Waals surface area contributed by atoms with E-state index in [1.165, 1.54) is 45.3 Å². The predicted octanol–water partition coefficient (Wildman–Crippen LogP) is 3.70. The molecule has 2 atom stereocenters. The van der Waals surface area contributed by atoms with Gasteiger partial charge in [0, 0.05) is 6.54 Å². The third-order valence-corrected chi connectivity index (χ3v) is 4.66. The summed E-state index contributed by atoms with van der Waals surface area (Å²) >= 11 is 4.49. The van der Waals surface area contributed by atoms with Crippen molar-refractivity contribution in [2.45, 2.75) is 46.5 Å². The molecule has 16 heavy (non-hydrogen) atoms. The van der Waals surface area contributed by atoms with Crippen LogP contribution in [0, 0.1) is 17.8 Å². The molecule has 1 fully saturated rings. The Morgan fingerprint density at radius 1 is 1.25 bits per heavy atom. The lowest BCUT2D eigenvalue weighted by molar-refractivity contribution is 0.218. The van der Waals surface area contributed by atoms with Gasteiger partial charge in [-0.3, -0.25) is 0 Å². The van der Waals surface area contributed by atoms with E-state index in [4.69, 9.17) is 0 Å². The first-order valence-electron chi connectivity index (χ1n) is 7.00. The van der Waals surface area contributed by atoms with Crippen LogP contribution in [0.25, 0.3) is 0 Å². The van der Waals surface area contributed by atoms with Crippen molar-refractivity contribution in [1.29, 1.82) is 0 Å². The minimum Gasteiger partial charge on any atom is -0.303 e. The number of nitrogens with zero attached hydrogens (tertiary/aromatic N) is 1. The van der Waals surface area contributed by atoms with Crippen LogP contribution < -0.4 is 0 Å². The van der Waals surface area contributed by atoms with Gasteiger partial charge in [0.1, 0.15) is 0 Å². The molecule has 0 bridgehead atoms. The van der Waals surface area contributed by atoms with Crippen molar-refractivity contribution in [2.24, 2.45) is 17.8 Å². The van der Waals surface area contributed by atoms with E-state index in [2.05, 4.69) is 38.3 Å². The first kappa shape index (κ1) is 14.4. The molecule has 0 aromatic heterocycles. The fourth-order valence-corrected chi connectivity index (χ4v) is 3.16. The molecule has 0 amide bonds. The lowest BCUT2D eigenvalue weighted by atomic mass is 9.97. The lowest BCUT2D eigenvalue weighted by Gasteiger charge is -2.27. The average Bonchev–Trinajstić information content (AvgIpc) is 2.50. The van der Waals surface area contributed by atoms with Gasteiger partial charge in [0.15, 0.2) is 0 Å². The van der Waals surface area contributed by atoms with Crippen LogP contribution in [0.1, 0.15) is 46.5 Å². The van der Waals surface area contributed by atoms with Gasteiger partial charge in [-0.15, -0.1) is 0 Å². The summed E-state index contributed by atoms with van der Waals surface area (Å²) in [6, 6.07) is 0. The number of hydrogen-bond acceptors (Lipinski definition) is 2. The molecule has 1 saturated heterocycles. The Morgan fingerprint density at radius 3 is 2.56 bits per heavy atom. The maximum absolute atomic E-state index is 4.49. The van der Waals surface area contributed by atoms with Crippen molar-refractivity contribution in [1.82, 2.24) is 4.90 Å². The van der Waals surface area contributed by atoms with Crippen LogP contribution in [0.3, 0.4) is 0 Å². The van der Waals surface area contributed by atoms with Gasteiger partial charge in [-0.2, -0.15) is 12.6 Å². The van der Waals surface area contributed by atoms with Crippen LogP contribution >= 0.6 is 12.6 Å². The summed E-state index contributed by atoms with van der Waals surface area (Å²) < 4.78 is 0. The van der Waals surface area contributed by atoms with Gasteiger partial charge in [0.25, 0.3) is 0 Å². The van der Waals surface area contributed by atoms with Gasteiger partial charge in [0.2, 0.25) is 0 Å². The summed E-state index contributed by atoms with van der Waals surface area (Å²) in [7, 11) is 0. The zero-order valence-corrected chi connectivity index (χ0v) is 12.2. The van der Waals surface area contributed by atoms with Gasteiger partial charge in [0.05, 0.1) is 0 Å². The summed E-state index contributed by atoms with van der Waals surface area (Å²) in [4.78, 5) is 2.68. The van der Waals surface area contributed by atoms with Gasteiger partial charge in [-0.25, -0.2) is 0 Å². The molecule has 0 saturated carbocycles. The van der Waals surface area contributed by atoms with E-state index in [1.54, 1.807) is 0 Å². The van der Waals surface area contributed by atoms with Crippen molar-refractivity contribution in [3.8, 4) is 0 Å². The molecule has 0 N–H and O–H groups in total. The number of thiol groups is 1. The van der Waals surface area contributed by atoms with E-state index in [1.807, 2.05) is 0 Å². The van der Waals surface area contributed by atoms with Gasteiger partial charge >= 0.3 is 0 Å². The molecule has 0 radical (unpaired) electrons. The Kier molecular flexibility index (Phi) is 6.83. The molecule has 0 aromatic rings. The molecule has 96 valence electrons. The highest BCUT2D eigenvalue weighted by Crippen LogP contribution is 2.22. The Balaban J connectivity index is 2.36. The summed E-state index contributed by atoms with van der Waals surface area (Å²) in [6.45, 7) is 10.9. The minimum atomic E-state index is 0.765. The third kappa shape index (κ3) is 4.67. The van der Waals surface area contributed by atoms with Crippen molar-refractivity contribution in [3.63, 3.8) is 0 Å². The average molecular weight is 243 g/mol. The van der Waals surface area contributed by atoms with Crippen LogP contribution in [0.4, 0.5) is 0 Å². The first-order valence-corrected chi connectivity index (χ1v) is 7.63. The Labute approximate surface area is 107 Å². The van der Waals surface area contributed by atoms with Crippen LogP contribution in [0.2, 0.25) is 0 Å². The van der Waals surface area contributed by atoms with Gasteiger partial charge in [-0.05, 0) is 55.9 Å². The quantitative estimate of drug-likeness (QED) is 0.721. The smallest absolute Gasteiger partial charge is 0.00199 e. The van der Waals surface area contributed by atoms with Gasteiger partial charge in [-0.1, -0.05) is 27.2 Å². The first-order chi connectivity index (χ1) is 7.67. The van der Waals surface area contributed by atoms with Crippen molar-refractivity contribution in [3.05, 3.63) is 0 Å². The normalized spacial score (nSPS) is 25.7. The maximum atomic E-state index is 4.49. The van der Waals surface area contributed by atoms with E-state index in [-0.39, 0.29) is 0 Å². The van der Waals surface area contributed by atoms with Crippen LogP contribution in [-0.4, -0.2) is 30.3 Å². The second-order valence-electron chi connectivity index (χ2n) is 5.69. The van der Waals surface area contributed by atoms with Crippen LogP contribution in [0.15, 0.2) is 0 Å². The summed E-state index contributed by atoms with van der Waals surface area (Å²) in [5.74, 6) is 3.55. The van der Waals surface area contributed by atoms with E-state index in [0.717, 1.165) is 23.5 Å². The zero-order valence-electron chi connectivity index (χ0n) is 11.3. The second-order valence-corrected chi connectivity index (χ2v) is 6.06. The Bertz CT molecular complexity index is 182. The van der Waals surface area contributed by atoms with E-state index >= 15 is 0 Å². The summed E-state index contributed by atoms with van der Waals surface area (Å²) in [5.41, 5.74) is 0. The fraction of sp³-hybridized carbons (Fsp3) is 1.00. The molecular weight excluding hydrogens is 214 g/mol. The molecule has 1 aliphatic rings. The largest absolute Gasteiger partial charge is 0.303 e. The van der Waals surface area contributed by atoms with E-state index < -0.39 is 0 Å². The highest BCUT2D eigenvalue weighted by molar-refractivity contribution is 7.80. The standard InChI is InChI=1S/C14H29NS/c1-4-13-6-5-8-15(9-7-13)10-14(11-16)12(2)3/h12-14,16H,4-11H2,1-3H3. The zero-order chi connectivity index (χ0) is 12.0. The fourth-order valence-electron chi connectivity index (χ4n) is 2.63. The Hall–Kier alpha value is 0.310. The molecule has 2 unspecified atom stereocenters. The van der Waals surface area contributed by atoms with E-state index in [9.17, 15) is 0 Å². The lowest BCUT2D eigenvalue weighted by Crippen LogP contribution is -2.33. The SMILES string of the molecule is CCC1CCCN(CC(CS)C(C)C)CC1. The highest BCUT2D eigenvalue weighted by atomic mass is 32.1. The molecule has 1 heterocycles. The monoisotopic (exact) mass is 243 g/mol. The van der Waals surface area contributed by atoms with Gasteiger partial charge < -0.3 is 4.90 Å². The topological polar surface area (TPSA) is 3.24 Å². The van der Waals surface area contributed by atoms with Crippen LogP contribution in [0.5, 0.6) is 0 Å². The van der Waals surface area contributed by atoms with Crippen LogP contribution in [-0.2, 0) is 0 Å². The highest BCUT2D eigenvalue weighted by Gasteiger charge is 2.19. The predicted molar refractivity (Wildman–Crippen MR) is 76.3 cm³/mol. The molecule has 1 rings (SSSR count). The number of rotatable bonds is 5. The molecular formula is C14H29NS. The molecule has 0 aliphatic carbocycles. The van der Waals surface area contributed by atoms with E-state index in [0.29, 0.717) is 0 Å². The summed E-state index contributed by atoms with van der Waals surface area (Å²) in [6.07, 6.45) is 5.62. The molecule has 1 aliphatic heterocycles. The molecule has 2 heteroatoms. The maximum Gasteiger partial charge on any atom is 0.00199 e. The van der Waals surface area contributed by atoms with Crippen molar-refractivity contribution >= 4 is 12.6 Å². The molecule has 0 aromatic carbocycles. The second kappa shape index (κ2) is 7.60. The summed E-state index contributed by atoms with van der Waals surface area (Å²) in [5, 5.41) is 0.